The van der Waals surface area contributed by atoms with E-state index < -0.39 is 61.2 Å². The molecule has 0 bridgehead atoms. The lowest BCUT2D eigenvalue weighted by molar-refractivity contribution is -0.143. The van der Waals surface area contributed by atoms with Crippen LogP contribution < -0.4 is 16.0 Å². The Morgan fingerprint density at radius 3 is 2.17 bits per heavy atom. The van der Waals surface area contributed by atoms with Gasteiger partial charge in [0.2, 0.25) is 23.6 Å². The number of benzene rings is 2. The van der Waals surface area contributed by atoms with Gasteiger partial charge in [-0.2, -0.15) is 0 Å². The predicted molar refractivity (Wildman–Crippen MR) is 191 cm³/mol. The van der Waals surface area contributed by atoms with E-state index in [1.165, 1.54) is 16.7 Å². The zero-order valence-electron chi connectivity index (χ0n) is 30.0. The molecule has 282 valence electrons. The van der Waals surface area contributed by atoms with Crippen LogP contribution in [-0.2, 0) is 39.4 Å². The summed E-state index contributed by atoms with van der Waals surface area (Å²) in [6.45, 7) is 1.31. The molecule has 5 atom stereocenters. The van der Waals surface area contributed by atoms with E-state index in [0.717, 1.165) is 32.1 Å². The summed E-state index contributed by atoms with van der Waals surface area (Å²) in [5, 5.41) is 8.49. The average Bonchev–Trinajstić information content (AvgIpc) is 3.75. The second-order valence-electron chi connectivity index (χ2n) is 14.2. The molecule has 0 radical (unpaired) electrons. The number of likely N-dealkylation sites (tertiary alicyclic amines) is 1. The summed E-state index contributed by atoms with van der Waals surface area (Å²) in [6, 6.07) is 13.7. The standard InChI is InChI=1S/C37H50N5O9P/c1-25(51-52(48,49)50-24-26-14-7-4-8-15-26)30(38-32(43)28-18-11-6-12-19-28)35(46)42-23-13-20-29(42)33(44)40-37(21-22-37)36(47)39-31(34(45)41(2)3)27-16-9-5-10-17-27/h4,6-8,11-12,14-15,18-19,25,27,29-31H,5,9-10,13,16-17,20-24H2,1-3H3,(H,38,43)(H,39,47)(H,40,44)(H,48,49)/t25-,29-,30+,31+/m1/s1. The van der Waals surface area contributed by atoms with E-state index in [2.05, 4.69) is 16.0 Å². The van der Waals surface area contributed by atoms with Crippen molar-refractivity contribution in [1.82, 2.24) is 25.8 Å². The highest BCUT2D eigenvalue weighted by atomic mass is 31.2. The van der Waals surface area contributed by atoms with Gasteiger partial charge in [-0.1, -0.05) is 67.8 Å². The largest absolute Gasteiger partial charge is 0.472 e. The highest BCUT2D eigenvalue weighted by molar-refractivity contribution is 7.47. The molecule has 52 heavy (non-hydrogen) atoms. The minimum Gasteiger partial charge on any atom is -0.347 e. The number of hydrogen-bond donors (Lipinski definition) is 4. The minimum atomic E-state index is -4.73. The first-order valence-electron chi connectivity index (χ1n) is 18.0. The van der Waals surface area contributed by atoms with Gasteiger partial charge in [-0.15, -0.1) is 0 Å². The Morgan fingerprint density at radius 2 is 1.56 bits per heavy atom. The Balaban J connectivity index is 1.29. The minimum absolute atomic E-state index is 0.00671. The van der Waals surface area contributed by atoms with Crippen LogP contribution in [0.1, 0.15) is 80.6 Å². The first kappa shape index (κ1) is 39.1. The molecule has 3 aliphatic rings. The van der Waals surface area contributed by atoms with Gasteiger partial charge in [-0.25, -0.2) is 4.57 Å². The van der Waals surface area contributed by atoms with Crippen LogP contribution >= 0.6 is 7.82 Å². The van der Waals surface area contributed by atoms with Crippen LogP contribution in [0.3, 0.4) is 0 Å². The van der Waals surface area contributed by atoms with Crippen molar-refractivity contribution in [3.63, 3.8) is 0 Å². The fourth-order valence-corrected chi connectivity index (χ4v) is 7.88. The maximum atomic E-state index is 14.2. The van der Waals surface area contributed by atoms with Gasteiger partial charge in [-0.3, -0.25) is 33.0 Å². The number of carbonyl (C=O) groups excluding carboxylic acids is 5. The van der Waals surface area contributed by atoms with Gasteiger partial charge in [0.1, 0.15) is 23.7 Å². The third kappa shape index (κ3) is 9.86. The van der Waals surface area contributed by atoms with Crippen molar-refractivity contribution in [2.24, 2.45) is 5.92 Å². The van der Waals surface area contributed by atoms with E-state index in [9.17, 15) is 33.4 Å². The molecule has 2 aliphatic carbocycles. The Hall–Kier alpha value is -4.10. The number of rotatable bonds is 15. The van der Waals surface area contributed by atoms with Crippen LogP contribution in [0.5, 0.6) is 0 Å². The Kier molecular flexibility index (Phi) is 12.9. The van der Waals surface area contributed by atoms with E-state index >= 15 is 0 Å². The summed E-state index contributed by atoms with van der Waals surface area (Å²) < 4.78 is 23.6. The molecule has 4 N–H and O–H groups in total. The zero-order valence-corrected chi connectivity index (χ0v) is 30.9. The quantitative estimate of drug-likeness (QED) is 0.199. The number of phosphoric ester groups is 1. The molecule has 15 heteroatoms. The van der Waals surface area contributed by atoms with Crippen LogP contribution in [0.4, 0.5) is 0 Å². The molecule has 0 spiro atoms. The Labute approximate surface area is 304 Å². The molecule has 14 nitrogen and oxygen atoms in total. The number of nitrogens with one attached hydrogen (secondary N) is 3. The monoisotopic (exact) mass is 739 g/mol. The summed E-state index contributed by atoms with van der Waals surface area (Å²) >= 11 is 0. The number of likely N-dealkylation sites (N-methyl/N-ethyl adjacent to an activating group) is 1. The zero-order chi connectivity index (χ0) is 37.5. The van der Waals surface area contributed by atoms with Crippen molar-refractivity contribution >= 4 is 37.4 Å². The lowest BCUT2D eigenvalue weighted by atomic mass is 9.83. The third-order valence-corrected chi connectivity index (χ3v) is 11.1. The molecule has 2 aromatic rings. The molecule has 2 saturated carbocycles. The normalized spacial score (nSPS) is 21.2. The second kappa shape index (κ2) is 17.2. The molecule has 1 saturated heterocycles. The summed E-state index contributed by atoms with van der Waals surface area (Å²) in [5.41, 5.74) is -0.332. The van der Waals surface area contributed by atoms with Gasteiger partial charge in [0, 0.05) is 26.2 Å². The van der Waals surface area contributed by atoms with E-state index in [0.29, 0.717) is 31.2 Å². The van der Waals surface area contributed by atoms with Crippen LogP contribution in [-0.4, -0.2) is 94.6 Å². The average molecular weight is 740 g/mol. The molecule has 1 unspecified atom stereocenters. The molecule has 5 amide bonds. The number of nitrogens with zero attached hydrogens (tertiary/aromatic N) is 2. The van der Waals surface area contributed by atoms with E-state index in [1.54, 1.807) is 74.8 Å². The summed E-state index contributed by atoms with van der Waals surface area (Å²) in [6.07, 6.45) is 4.90. The Bertz CT molecular complexity index is 1630. The van der Waals surface area contributed by atoms with Gasteiger partial charge in [0.15, 0.2) is 0 Å². The lowest BCUT2D eigenvalue weighted by Crippen LogP contribution is -2.60. The SMILES string of the molecule is C[C@@H](OP(=O)(O)OCc1ccccc1)[C@H](NC(=O)c1ccccc1)C(=O)N1CCC[C@@H]1C(=O)NC1(C(=O)N[C@H](C(=O)N(C)C)C2CCCCC2)CC1. The summed E-state index contributed by atoms with van der Waals surface area (Å²) in [7, 11) is -1.42. The lowest BCUT2D eigenvalue weighted by Gasteiger charge is -2.34. The Morgan fingerprint density at radius 1 is 0.923 bits per heavy atom. The van der Waals surface area contributed by atoms with Gasteiger partial charge in [0.25, 0.3) is 5.91 Å². The third-order valence-electron chi connectivity index (χ3n) is 10.1. The maximum absolute atomic E-state index is 14.2. The van der Waals surface area contributed by atoms with Gasteiger partial charge in [0.05, 0.1) is 12.7 Å². The van der Waals surface area contributed by atoms with Gasteiger partial charge < -0.3 is 30.6 Å². The molecule has 2 aromatic carbocycles. The van der Waals surface area contributed by atoms with Crippen molar-refractivity contribution in [2.75, 3.05) is 20.6 Å². The van der Waals surface area contributed by atoms with Crippen molar-refractivity contribution in [3.8, 4) is 0 Å². The highest BCUT2D eigenvalue weighted by Crippen LogP contribution is 2.46. The smallest absolute Gasteiger partial charge is 0.347 e. The number of carbonyl (C=O) groups is 5. The fourth-order valence-electron chi connectivity index (χ4n) is 6.97. The van der Waals surface area contributed by atoms with E-state index in [-0.39, 0.29) is 30.5 Å². The van der Waals surface area contributed by atoms with Crippen molar-refractivity contribution in [2.45, 2.75) is 101 Å². The number of amides is 5. The molecular formula is C37H50N5O9P. The first-order chi connectivity index (χ1) is 24.8. The fraction of sp³-hybridized carbons (Fsp3) is 0.541. The highest BCUT2D eigenvalue weighted by Gasteiger charge is 2.54. The second-order valence-corrected chi connectivity index (χ2v) is 15.6. The van der Waals surface area contributed by atoms with Crippen molar-refractivity contribution < 1.29 is 42.5 Å². The topological polar surface area (TPSA) is 184 Å². The summed E-state index contributed by atoms with van der Waals surface area (Å²) in [5.74, 6) is -2.46. The molecule has 1 heterocycles. The number of phosphoric acid groups is 1. The van der Waals surface area contributed by atoms with Crippen LogP contribution in [0.25, 0.3) is 0 Å². The van der Waals surface area contributed by atoms with E-state index in [4.69, 9.17) is 9.05 Å². The van der Waals surface area contributed by atoms with E-state index in [1.807, 2.05) is 0 Å². The molecule has 1 aliphatic heterocycles. The number of hydrogen-bond acceptors (Lipinski definition) is 8. The maximum Gasteiger partial charge on any atom is 0.472 e. The molecule has 0 aromatic heterocycles. The van der Waals surface area contributed by atoms with Crippen LogP contribution in [0.15, 0.2) is 60.7 Å². The van der Waals surface area contributed by atoms with Crippen molar-refractivity contribution in [3.05, 3.63) is 71.8 Å². The van der Waals surface area contributed by atoms with Crippen LogP contribution in [0.2, 0.25) is 0 Å². The molecule has 3 fully saturated rings. The first-order valence-corrected chi connectivity index (χ1v) is 19.5. The molecular weight excluding hydrogens is 689 g/mol. The van der Waals surface area contributed by atoms with Gasteiger partial charge >= 0.3 is 7.82 Å². The summed E-state index contributed by atoms with van der Waals surface area (Å²) in [4.78, 5) is 81.6. The molecule has 5 rings (SSSR count). The van der Waals surface area contributed by atoms with Crippen molar-refractivity contribution in [1.29, 1.82) is 0 Å². The predicted octanol–water partition coefficient (Wildman–Crippen LogP) is 3.30. The van der Waals surface area contributed by atoms with Crippen LogP contribution in [0, 0.1) is 5.92 Å². The van der Waals surface area contributed by atoms with Gasteiger partial charge in [-0.05, 0) is 69.1 Å².